The average Bonchev–Trinajstić information content (AvgIpc) is 3.80. The van der Waals surface area contributed by atoms with Gasteiger partial charge in [0.2, 0.25) is 0 Å². The lowest BCUT2D eigenvalue weighted by molar-refractivity contribution is 0.483. The van der Waals surface area contributed by atoms with E-state index in [1.165, 1.54) is 0 Å². The van der Waals surface area contributed by atoms with Crippen LogP contribution in [-0.4, -0.2) is 16.2 Å². The van der Waals surface area contributed by atoms with Gasteiger partial charge >= 0.3 is 0 Å². The van der Waals surface area contributed by atoms with Gasteiger partial charge in [-0.2, -0.15) is 0 Å². The van der Waals surface area contributed by atoms with E-state index in [-0.39, 0.29) is 18.3 Å². The zero-order chi connectivity index (χ0) is 38.6. The van der Waals surface area contributed by atoms with E-state index in [1.54, 1.807) is 6.92 Å². The van der Waals surface area contributed by atoms with Gasteiger partial charge in [-0.1, -0.05) is 115 Å². The highest BCUT2D eigenvalue weighted by molar-refractivity contribution is 6.09. The molecule has 0 saturated carbocycles. The zero-order valence-corrected chi connectivity index (χ0v) is 29.6. The predicted octanol–water partition coefficient (Wildman–Crippen LogP) is 12.9. The van der Waals surface area contributed by atoms with Crippen LogP contribution in [0.25, 0.3) is 49.9 Å². The summed E-state index contributed by atoms with van der Waals surface area (Å²) in [4.78, 5) is 9.20. The number of anilines is 4. The summed E-state index contributed by atoms with van der Waals surface area (Å²) >= 11 is 0. The van der Waals surface area contributed by atoms with Crippen LogP contribution >= 0.6 is 0 Å². The fourth-order valence-electron chi connectivity index (χ4n) is 7.75. The van der Waals surface area contributed by atoms with Crippen LogP contribution in [-0.2, 0) is 0 Å². The number of rotatable bonds is 7. The van der Waals surface area contributed by atoms with E-state index in [2.05, 4.69) is 130 Å². The lowest BCUT2D eigenvalue weighted by Gasteiger charge is -2.27. The summed E-state index contributed by atoms with van der Waals surface area (Å²) in [5.74, 6) is 1.63. The van der Waals surface area contributed by atoms with Crippen molar-refractivity contribution in [1.29, 1.82) is 0 Å². The lowest BCUT2D eigenvalue weighted by atomic mass is 9.95. The van der Waals surface area contributed by atoms with Crippen LogP contribution in [0.1, 0.15) is 9.68 Å². The molecule has 0 amide bonds. The fraction of sp³-hybridized carbons (Fsp3) is 0.0408. The van der Waals surface area contributed by atoms with Crippen molar-refractivity contribution in [1.82, 2.24) is 9.55 Å². The Kier molecular flexibility index (Phi) is 6.93. The summed E-state index contributed by atoms with van der Waals surface area (Å²) in [5, 5.41) is 1.98. The summed E-state index contributed by atoms with van der Waals surface area (Å²) in [6, 6.07) is 58.6. The Hall–Kier alpha value is -7.11. The van der Waals surface area contributed by atoms with Crippen molar-refractivity contribution in [2.24, 2.45) is 0 Å². The predicted molar refractivity (Wildman–Crippen MR) is 223 cm³/mol. The number of fused-ring (bicyclic) bond motifs is 4. The van der Waals surface area contributed by atoms with Crippen LogP contribution in [0.4, 0.5) is 22.7 Å². The van der Waals surface area contributed by atoms with Gasteiger partial charge in [0.25, 0.3) is 0 Å². The van der Waals surface area contributed by atoms with E-state index in [4.69, 9.17) is 8.85 Å². The van der Waals surface area contributed by atoms with E-state index in [0.29, 0.717) is 29.5 Å². The minimum absolute atomic E-state index is 0.0331. The van der Waals surface area contributed by atoms with Crippen LogP contribution in [0.5, 0.6) is 11.5 Å². The molecule has 9 aromatic rings. The molecule has 0 radical (unpaired) electrons. The van der Waals surface area contributed by atoms with Crippen molar-refractivity contribution < 1.29 is 8.85 Å². The molecule has 0 saturated heterocycles. The van der Waals surface area contributed by atoms with Gasteiger partial charge in [0, 0.05) is 45.9 Å². The molecule has 5 heteroatoms. The molecule has 0 aliphatic carbocycles. The first-order valence-electron chi connectivity index (χ1n) is 19.6. The molecule has 5 nitrogen and oxygen atoms in total. The molecule has 258 valence electrons. The molecule has 7 aromatic carbocycles. The topological polar surface area (TPSA) is 33.5 Å². The highest BCUT2D eigenvalue weighted by Crippen LogP contribution is 2.50. The highest BCUT2D eigenvalue weighted by atomic mass is 16.5. The number of benzene rings is 7. The summed E-state index contributed by atoms with van der Waals surface area (Å²) in [6.07, 6.45) is -0.157. The van der Waals surface area contributed by atoms with Gasteiger partial charge < -0.3 is 14.5 Å². The third-order valence-electron chi connectivity index (χ3n) is 10.1. The zero-order valence-electron chi connectivity index (χ0n) is 32.6. The standard InChI is InChI=1S/C49H36N4O/c1-34-28-29-50-48(30-34)53-44-23-9-8-20-42(44)43-27-26-39(32-47(43)53)54-38-19-12-18-37(31-38)51-33-52(46-25-11-10-24-45(46)51)49-40(35-14-4-2-5-15-35)21-13-22-41(49)36-16-6-3-7-17-36/h2-32H,33H2,1H3/i28D,29D,30D. The number of hydrogen-bond donors (Lipinski definition) is 0. The van der Waals surface area contributed by atoms with E-state index in [0.717, 1.165) is 66.8 Å². The summed E-state index contributed by atoms with van der Waals surface area (Å²) < 4.78 is 34.1. The quantitative estimate of drug-likeness (QED) is 0.166. The van der Waals surface area contributed by atoms with E-state index >= 15 is 0 Å². The molecule has 10 rings (SSSR count). The molecule has 0 N–H and O–H groups in total. The van der Waals surface area contributed by atoms with Crippen molar-refractivity contribution in [3.8, 4) is 39.6 Å². The van der Waals surface area contributed by atoms with Crippen molar-refractivity contribution in [3.63, 3.8) is 0 Å². The minimum atomic E-state index is -0.157. The first-order chi connectivity index (χ1) is 27.9. The van der Waals surface area contributed by atoms with Gasteiger partial charge in [0.1, 0.15) is 24.0 Å². The molecule has 0 spiro atoms. The molecule has 0 unspecified atom stereocenters. The van der Waals surface area contributed by atoms with E-state index in [1.807, 2.05) is 59.2 Å². The maximum absolute atomic E-state index is 8.90. The Balaban J connectivity index is 1.04. The van der Waals surface area contributed by atoms with Crippen LogP contribution in [0, 0.1) is 6.92 Å². The Bertz CT molecular complexity index is 2930. The molecule has 1 aliphatic rings. The SMILES string of the molecule is [2H]c1nc(-n2c3ccccc3c3ccc(Oc4cccc(N5CN(c6c(-c7ccccc7)cccc6-c6ccccc6)c6ccccc65)c4)cc32)c([2H])c(C)c1[2H]. The molecule has 0 bridgehead atoms. The monoisotopic (exact) mass is 699 g/mol. The fourth-order valence-corrected chi connectivity index (χ4v) is 7.75. The van der Waals surface area contributed by atoms with E-state index < -0.39 is 0 Å². The number of nitrogens with zero attached hydrogens (tertiary/aromatic N) is 4. The normalized spacial score (nSPS) is 13.2. The largest absolute Gasteiger partial charge is 0.457 e. The van der Waals surface area contributed by atoms with Crippen molar-refractivity contribution in [3.05, 3.63) is 194 Å². The van der Waals surface area contributed by atoms with Crippen molar-refractivity contribution in [2.75, 3.05) is 16.5 Å². The Labute approximate surface area is 318 Å². The Morgan fingerprint density at radius 3 is 1.96 bits per heavy atom. The van der Waals surface area contributed by atoms with Gasteiger partial charge in [-0.25, -0.2) is 4.98 Å². The second-order valence-corrected chi connectivity index (χ2v) is 13.5. The van der Waals surface area contributed by atoms with Crippen LogP contribution in [0.15, 0.2) is 188 Å². The molecule has 2 aromatic heterocycles. The maximum Gasteiger partial charge on any atom is 0.137 e. The van der Waals surface area contributed by atoms with Gasteiger partial charge in [0.05, 0.1) is 32.2 Å². The summed E-state index contributed by atoms with van der Waals surface area (Å²) in [5.41, 5.74) is 11.1. The molecule has 54 heavy (non-hydrogen) atoms. The molecule has 3 heterocycles. The van der Waals surface area contributed by atoms with Gasteiger partial charge in [-0.15, -0.1) is 0 Å². The van der Waals surface area contributed by atoms with Crippen LogP contribution in [0.2, 0.25) is 0 Å². The minimum Gasteiger partial charge on any atom is -0.457 e. The lowest BCUT2D eigenvalue weighted by Crippen LogP contribution is -2.24. The van der Waals surface area contributed by atoms with Gasteiger partial charge in [-0.3, -0.25) is 4.57 Å². The third-order valence-corrected chi connectivity index (χ3v) is 10.1. The van der Waals surface area contributed by atoms with Gasteiger partial charge in [-0.05, 0) is 78.2 Å². The maximum atomic E-state index is 8.90. The second-order valence-electron chi connectivity index (χ2n) is 13.5. The van der Waals surface area contributed by atoms with Gasteiger partial charge in [0.15, 0.2) is 0 Å². The number of aromatic nitrogens is 2. The number of ether oxygens (including phenoxy) is 1. The summed E-state index contributed by atoms with van der Waals surface area (Å²) in [6.45, 7) is 2.29. The van der Waals surface area contributed by atoms with E-state index in [9.17, 15) is 0 Å². The number of pyridine rings is 1. The smallest absolute Gasteiger partial charge is 0.137 e. The van der Waals surface area contributed by atoms with Crippen LogP contribution < -0.4 is 14.5 Å². The average molecular weight is 700 g/mol. The summed E-state index contributed by atoms with van der Waals surface area (Å²) in [7, 11) is 0. The Morgan fingerprint density at radius 1 is 0.574 bits per heavy atom. The molecular weight excluding hydrogens is 661 g/mol. The molecule has 0 atom stereocenters. The first kappa shape index (κ1) is 28.5. The number of para-hydroxylation sites is 4. The van der Waals surface area contributed by atoms with Crippen molar-refractivity contribution in [2.45, 2.75) is 6.92 Å². The highest BCUT2D eigenvalue weighted by Gasteiger charge is 2.31. The second kappa shape index (κ2) is 13.1. The Morgan fingerprint density at radius 2 is 1.20 bits per heavy atom. The van der Waals surface area contributed by atoms with Crippen molar-refractivity contribution >= 4 is 44.6 Å². The molecule has 1 aliphatic heterocycles. The molecular formula is C49H36N4O. The third kappa shape index (κ3) is 5.46. The first-order valence-corrected chi connectivity index (χ1v) is 18.1. The molecule has 0 fully saturated rings. The van der Waals surface area contributed by atoms with Crippen LogP contribution in [0.3, 0.4) is 0 Å². The number of hydrogen-bond acceptors (Lipinski definition) is 4.